The molecule has 0 fully saturated rings. The van der Waals surface area contributed by atoms with Crippen LogP contribution >= 0.6 is 11.9 Å². The Kier molecular flexibility index (Phi) is 2.19. The van der Waals surface area contributed by atoms with Gasteiger partial charge in [0.15, 0.2) is 5.65 Å². The molecule has 0 spiro atoms. The normalized spacial score (nSPS) is 15.5. The third kappa shape index (κ3) is 1.64. The van der Waals surface area contributed by atoms with Crippen molar-refractivity contribution >= 4 is 28.7 Å². The average Bonchev–Trinajstić information content (AvgIpc) is 2.50. The Balaban J connectivity index is 2.20. The molecule has 76 valence electrons. The summed E-state index contributed by atoms with van der Waals surface area (Å²) in [5.41, 5.74) is 6.10. The van der Waals surface area contributed by atoms with Crippen molar-refractivity contribution in [2.24, 2.45) is 0 Å². The second-order valence-electron chi connectivity index (χ2n) is 3.36. The summed E-state index contributed by atoms with van der Waals surface area (Å²) in [5, 5.41) is 1.07. The maximum atomic E-state index is 4.55. The van der Waals surface area contributed by atoms with Gasteiger partial charge in [-0.1, -0.05) is 11.9 Å². The maximum absolute atomic E-state index is 4.55. The molecule has 0 saturated carbocycles. The quantitative estimate of drug-likeness (QED) is 0.660. The van der Waals surface area contributed by atoms with Crippen LogP contribution in [0.15, 0.2) is 24.4 Å². The monoisotopic (exact) mass is 218 g/mol. The van der Waals surface area contributed by atoms with Gasteiger partial charge in [0, 0.05) is 23.8 Å². The van der Waals surface area contributed by atoms with Gasteiger partial charge in [-0.05, 0) is 18.2 Å². The molecule has 3 rings (SSSR count). The van der Waals surface area contributed by atoms with Gasteiger partial charge in [0.25, 0.3) is 0 Å². The molecule has 3 heterocycles. The molecule has 5 heteroatoms. The van der Waals surface area contributed by atoms with Gasteiger partial charge in [-0.25, -0.2) is 9.97 Å². The summed E-state index contributed by atoms with van der Waals surface area (Å²) in [6, 6.07) is 6.04. The van der Waals surface area contributed by atoms with Gasteiger partial charge in [-0.15, -0.1) is 0 Å². The number of aromatic nitrogens is 2. The number of hydrogen-bond donors (Lipinski definition) is 2. The lowest BCUT2D eigenvalue weighted by molar-refractivity contribution is 1.06. The molecular formula is C10H10N4S. The molecule has 1 aliphatic heterocycles. The number of nitrogens with one attached hydrogen (secondary N) is 2. The number of fused-ring (bicyclic) bond motifs is 2. The highest BCUT2D eigenvalue weighted by molar-refractivity contribution is 7.97. The first kappa shape index (κ1) is 8.94. The summed E-state index contributed by atoms with van der Waals surface area (Å²) >= 11 is 1.66. The summed E-state index contributed by atoms with van der Waals surface area (Å²) in [4.78, 5) is 11.9. The summed E-state index contributed by atoms with van der Waals surface area (Å²) in [6.45, 7) is 0. The molecule has 0 unspecified atom stereocenters. The van der Waals surface area contributed by atoms with Gasteiger partial charge in [0.05, 0.1) is 11.4 Å². The molecule has 1 aliphatic rings. The van der Waals surface area contributed by atoms with E-state index in [4.69, 9.17) is 0 Å². The van der Waals surface area contributed by atoms with Crippen LogP contribution in [-0.2, 0) is 6.42 Å². The van der Waals surface area contributed by atoms with Crippen molar-refractivity contribution in [1.29, 1.82) is 0 Å². The van der Waals surface area contributed by atoms with Crippen molar-refractivity contribution in [2.45, 2.75) is 6.42 Å². The number of nitrogens with zero attached hydrogens (tertiary/aromatic N) is 2. The zero-order valence-electron chi connectivity index (χ0n) is 8.03. The number of aryl methyl sites for hydroxylation is 1. The van der Waals surface area contributed by atoms with E-state index in [1.807, 2.05) is 12.1 Å². The van der Waals surface area contributed by atoms with Crippen molar-refractivity contribution in [2.75, 3.05) is 11.2 Å². The summed E-state index contributed by atoms with van der Waals surface area (Å²) in [5.74, 6) is 1.02. The zero-order valence-corrected chi connectivity index (χ0v) is 8.84. The fourth-order valence-electron chi connectivity index (χ4n) is 1.63. The Hall–Kier alpha value is -1.33. The Morgan fingerprint density at radius 1 is 1.40 bits per heavy atom. The standard InChI is InChI=1S/C10H10N4S/c1-2-7-6-9-8(3-5-15-14-13-9)12-10(7)11-4-1/h1-2,4,6,13-14H,3,5H2. The highest BCUT2D eigenvalue weighted by Crippen LogP contribution is 2.22. The molecule has 0 amide bonds. The largest absolute Gasteiger partial charge is 0.310 e. The predicted octanol–water partition coefficient (Wildman–Crippen LogP) is 1.75. The first-order valence-electron chi connectivity index (χ1n) is 4.81. The minimum atomic E-state index is 0.824. The second kappa shape index (κ2) is 3.67. The molecule has 15 heavy (non-hydrogen) atoms. The number of pyridine rings is 2. The number of hydrogen-bond acceptors (Lipinski definition) is 5. The highest BCUT2D eigenvalue weighted by atomic mass is 32.2. The molecule has 0 saturated heterocycles. The number of anilines is 1. The summed E-state index contributed by atoms with van der Waals surface area (Å²) < 4.78 is 0. The lowest BCUT2D eigenvalue weighted by atomic mass is 10.2. The second-order valence-corrected chi connectivity index (χ2v) is 4.26. The van der Waals surface area contributed by atoms with Crippen LogP contribution < -0.4 is 10.3 Å². The third-order valence-electron chi connectivity index (χ3n) is 2.37. The van der Waals surface area contributed by atoms with E-state index in [2.05, 4.69) is 26.3 Å². The number of hydrazine groups is 1. The van der Waals surface area contributed by atoms with E-state index in [-0.39, 0.29) is 0 Å². The lowest BCUT2D eigenvalue weighted by Crippen LogP contribution is -2.12. The molecule has 0 atom stereocenters. The van der Waals surface area contributed by atoms with Crippen molar-refractivity contribution in [3.63, 3.8) is 0 Å². The summed E-state index contributed by atoms with van der Waals surface area (Å²) in [7, 11) is 0. The van der Waals surface area contributed by atoms with Gasteiger partial charge in [-0.2, -0.15) is 4.83 Å². The molecule has 0 bridgehead atoms. The van der Waals surface area contributed by atoms with Crippen molar-refractivity contribution in [3.05, 3.63) is 30.1 Å². The van der Waals surface area contributed by atoms with Crippen LogP contribution in [0.2, 0.25) is 0 Å². The van der Waals surface area contributed by atoms with E-state index in [9.17, 15) is 0 Å². The topological polar surface area (TPSA) is 49.8 Å². The molecule has 2 aromatic heterocycles. The van der Waals surface area contributed by atoms with Gasteiger partial charge in [-0.3, -0.25) is 0 Å². The molecule has 2 aromatic rings. The SMILES string of the molecule is c1cnc2nc3c(cc2c1)NNSCC3. The molecule has 4 nitrogen and oxygen atoms in total. The zero-order chi connectivity index (χ0) is 10.1. The minimum Gasteiger partial charge on any atom is -0.310 e. The van der Waals surface area contributed by atoms with Crippen LogP contribution in [0.4, 0.5) is 5.69 Å². The summed E-state index contributed by atoms with van der Waals surface area (Å²) in [6.07, 6.45) is 2.74. The van der Waals surface area contributed by atoms with Gasteiger partial charge in [0.1, 0.15) is 0 Å². The molecule has 0 aliphatic carbocycles. The van der Waals surface area contributed by atoms with E-state index in [0.717, 1.165) is 34.6 Å². The van der Waals surface area contributed by atoms with Gasteiger partial charge >= 0.3 is 0 Å². The van der Waals surface area contributed by atoms with Crippen LogP contribution in [0, 0.1) is 0 Å². The molecular weight excluding hydrogens is 208 g/mol. The van der Waals surface area contributed by atoms with Gasteiger partial charge < -0.3 is 5.43 Å². The maximum Gasteiger partial charge on any atom is 0.159 e. The predicted molar refractivity (Wildman–Crippen MR) is 62.5 cm³/mol. The van der Waals surface area contributed by atoms with Gasteiger partial charge in [0.2, 0.25) is 0 Å². The minimum absolute atomic E-state index is 0.824. The van der Waals surface area contributed by atoms with Crippen LogP contribution in [0.1, 0.15) is 5.69 Å². The Morgan fingerprint density at radius 3 is 3.40 bits per heavy atom. The average molecular weight is 218 g/mol. The van der Waals surface area contributed by atoms with Crippen molar-refractivity contribution < 1.29 is 0 Å². The van der Waals surface area contributed by atoms with E-state index < -0.39 is 0 Å². The third-order valence-corrected chi connectivity index (χ3v) is 3.02. The van der Waals surface area contributed by atoms with Crippen LogP contribution in [0.25, 0.3) is 11.0 Å². The molecule has 0 radical (unpaired) electrons. The van der Waals surface area contributed by atoms with Crippen molar-refractivity contribution in [1.82, 2.24) is 14.8 Å². The smallest absolute Gasteiger partial charge is 0.159 e. The molecule has 2 N–H and O–H groups in total. The fourth-order valence-corrected chi connectivity index (χ4v) is 2.21. The first-order valence-corrected chi connectivity index (χ1v) is 5.79. The fraction of sp³-hybridized carbons (Fsp3) is 0.200. The van der Waals surface area contributed by atoms with E-state index in [0.29, 0.717) is 0 Å². The molecule has 0 aromatic carbocycles. The van der Waals surface area contributed by atoms with E-state index in [1.54, 1.807) is 18.1 Å². The number of rotatable bonds is 0. The van der Waals surface area contributed by atoms with E-state index in [1.165, 1.54) is 0 Å². The van der Waals surface area contributed by atoms with E-state index >= 15 is 0 Å². The van der Waals surface area contributed by atoms with Crippen LogP contribution in [0.3, 0.4) is 0 Å². The Labute approximate surface area is 91.6 Å². The Morgan fingerprint density at radius 2 is 2.40 bits per heavy atom. The highest BCUT2D eigenvalue weighted by Gasteiger charge is 2.10. The first-order chi connectivity index (χ1) is 7.43. The lowest BCUT2D eigenvalue weighted by Gasteiger charge is -2.07. The van der Waals surface area contributed by atoms with Crippen LogP contribution in [-0.4, -0.2) is 15.7 Å². The Bertz CT molecular complexity index is 455. The van der Waals surface area contributed by atoms with Crippen LogP contribution in [0.5, 0.6) is 0 Å². The van der Waals surface area contributed by atoms with Crippen molar-refractivity contribution in [3.8, 4) is 0 Å².